The summed E-state index contributed by atoms with van der Waals surface area (Å²) in [4.78, 5) is 27.8. The van der Waals surface area contributed by atoms with Gasteiger partial charge < -0.3 is 15.0 Å². The molecule has 0 fully saturated rings. The van der Waals surface area contributed by atoms with E-state index in [2.05, 4.69) is 5.32 Å². The van der Waals surface area contributed by atoms with E-state index >= 15 is 0 Å². The van der Waals surface area contributed by atoms with Crippen LogP contribution >= 0.6 is 0 Å². The average Bonchev–Trinajstić information content (AvgIpc) is 2.82. The molecule has 0 radical (unpaired) electrons. The van der Waals surface area contributed by atoms with Crippen molar-refractivity contribution in [3.05, 3.63) is 59.7 Å². The van der Waals surface area contributed by atoms with Crippen LogP contribution in [-0.2, 0) is 26.0 Å². The van der Waals surface area contributed by atoms with Gasteiger partial charge in [-0.15, -0.1) is 0 Å². The zero-order valence-corrected chi connectivity index (χ0v) is 22.1. The zero-order chi connectivity index (χ0) is 26.0. The normalized spacial score (nSPS) is 12.0. The Bertz CT molecular complexity index is 1090. The SMILES string of the molecule is CCCCNC(=O)[C@@H](C)N(CCc1ccccc1)C(=O)CN(c1cc(C)ccc1OC)S(C)(=O)=O. The van der Waals surface area contributed by atoms with Crippen LogP contribution in [0.15, 0.2) is 48.5 Å². The van der Waals surface area contributed by atoms with Crippen LogP contribution in [0.3, 0.4) is 0 Å². The summed E-state index contributed by atoms with van der Waals surface area (Å²) in [7, 11) is -2.37. The molecule has 2 rings (SSSR count). The summed E-state index contributed by atoms with van der Waals surface area (Å²) in [5.41, 5.74) is 2.13. The van der Waals surface area contributed by atoms with Gasteiger partial charge in [-0.2, -0.15) is 0 Å². The molecule has 2 aromatic carbocycles. The van der Waals surface area contributed by atoms with E-state index in [9.17, 15) is 18.0 Å². The first-order chi connectivity index (χ1) is 16.6. The maximum absolute atomic E-state index is 13.6. The van der Waals surface area contributed by atoms with Crippen LogP contribution in [-0.4, -0.2) is 64.2 Å². The van der Waals surface area contributed by atoms with Crippen LogP contribution in [0, 0.1) is 6.92 Å². The molecular weight excluding hydrogens is 466 g/mol. The van der Waals surface area contributed by atoms with Crippen molar-refractivity contribution in [3.63, 3.8) is 0 Å². The van der Waals surface area contributed by atoms with E-state index in [0.717, 1.165) is 34.5 Å². The largest absolute Gasteiger partial charge is 0.495 e. The van der Waals surface area contributed by atoms with E-state index in [4.69, 9.17) is 4.74 Å². The first-order valence-corrected chi connectivity index (χ1v) is 13.7. The van der Waals surface area contributed by atoms with E-state index in [1.165, 1.54) is 12.0 Å². The van der Waals surface area contributed by atoms with Gasteiger partial charge >= 0.3 is 0 Å². The molecule has 35 heavy (non-hydrogen) atoms. The zero-order valence-electron chi connectivity index (χ0n) is 21.3. The minimum Gasteiger partial charge on any atom is -0.495 e. The van der Waals surface area contributed by atoms with Crippen molar-refractivity contribution < 1.29 is 22.7 Å². The monoisotopic (exact) mass is 503 g/mol. The Morgan fingerprint density at radius 1 is 1.11 bits per heavy atom. The van der Waals surface area contributed by atoms with E-state index in [-0.39, 0.29) is 18.1 Å². The van der Waals surface area contributed by atoms with Gasteiger partial charge in [0.15, 0.2) is 0 Å². The molecule has 0 unspecified atom stereocenters. The summed E-state index contributed by atoms with van der Waals surface area (Å²) in [5, 5.41) is 2.87. The van der Waals surface area contributed by atoms with Crippen molar-refractivity contribution in [2.75, 3.05) is 37.3 Å². The molecule has 1 atom stereocenters. The van der Waals surface area contributed by atoms with Gasteiger partial charge in [0.1, 0.15) is 18.3 Å². The van der Waals surface area contributed by atoms with Gasteiger partial charge in [0.2, 0.25) is 21.8 Å². The number of hydrogen-bond donors (Lipinski definition) is 1. The number of carbonyl (C=O) groups is 2. The number of benzene rings is 2. The second-order valence-corrected chi connectivity index (χ2v) is 10.5. The van der Waals surface area contributed by atoms with Crippen molar-refractivity contribution in [2.24, 2.45) is 0 Å². The number of anilines is 1. The van der Waals surface area contributed by atoms with Crippen molar-refractivity contribution in [1.29, 1.82) is 0 Å². The van der Waals surface area contributed by atoms with Crippen LogP contribution in [0.4, 0.5) is 5.69 Å². The standard InChI is InChI=1S/C26H37N3O5S/c1-6-7-16-27-26(31)21(3)28(17-15-22-11-9-8-10-12-22)25(30)19-29(35(5,32)33)23-18-20(2)13-14-24(23)34-4/h8-14,18,21H,6-7,15-17,19H2,1-5H3,(H,27,31)/t21-/m1/s1. The van der Waals surface area contributed by atoms with Crippen molar-refractivity contribution in [2.45, 2.75) is 46.1 Å². The molecule has 0 aliphatic heterocycles. The number of aryl methyl sites for hydroxylation is 1. The van der Waals surface area contributed by atoms with Crippen LogP contribution in [0.25, 0.3) is 0 Å². The van der Waals surface area contributed by atoms with Crippen molar-refractivity contribution in [1.82, 2.24) is 10.2 Å². The quantitative estimate of drug-likeness (QED) is 0.424. The second-order valence-electron chi connectivity index (χ2n) is 8.59. The molecule has 0 aliphatic rings. The van der Waals surface area contributed by atoms with Gasteiger partial charge in [-0.05, 0) is 49.9 Å². The molecule has 0 saturated heterocycles. The molecule has 0 aromatic heterocycles. The Labute approximate surface area is 209 Å². The molecule has 0 aliphatic carbocycles. The number of hydrogen-bond acceptors (Lipinski definition) is 5. The molecule has 1 N–H and O–H groups in total. The minimum atomic E-state index is -3.82. The first-order valence-electron chi connectivity index (χ1n) is 11.8. The summed E-state index contributed by atoms with van der Waals surface area (Å²) in [6.07, 6.45) is 3.36. The van der Waals surface area contributed by atoms with Crippen LogP contribution in [0.2, 0.25) is 0 Å². The summed E-state index contributed by atoms with van der Waals surface area (Å²) < 4.78 is 31.9. The highest BCUT2D eigenvalue weighted by Gasteiger charge is 2.30. The van der Waals surface area contributed by atoms with E-state index in [0.29, 0.717) is 18.7 Å². The Balaban J connectivity index is 2.34. The Morgan fingerprint density at radius 2 is 1.80 bits per heavy atom. The van der Waals surface area contributed by atoms with Gasteiger partial charge in [-0.3, -0.25) is 13.9 Å². The van der Waals surface area contributed by atoms with Gasteiger partial charge in [-0.25, -0.2) is 8.42 Å². The number of ether oxygens (including phenoxy) is 1. The molecular formula is C26H37N3O5S. The first kappa shape index (κ1) is 28.2. The lowest BCUT2D eigenvalue weighted by molar-refractivity contribution is -0.138. The Kier molecular flexibility index (Phi) is 10.6. The third-order valence-electron chi connectivity index (χ3n) is 5.76. The van der Waals surface area contributed by atoms with E-state index < -0.39 is 28.5 Å². The van der Waals surface area contributed by atoms with Crippen LogP contribution < -0.4 is 14.4 Å². The highest BCUT2D eigenvalue weighted by molar-refractivity contribution is 7.92. The molecule has 9 heteroatoms. The number of nitrogens with zero attached hydrogens (tertiary/aromatic N) is 2. The number of nitrogens with one attached hydrogen (secondary N) is 1. The summed E-state index contributed by atoms with van der Waals surface area (Å²) in [6, 6.07) is 14.0. The molecule has 2 amide bonds. The van der Waals surface area contributed by atoms with Crippen molar-refractivity contribution >= 4 is 27.5 Å². The fourth-order valence-corrected chi connectivity index (χ4v) is 4.54. The van der Waals surface area contributed by atoms with Crippen molar-refractivity contribution in [3.8, 4) is 5.75 Å². The predicted molar refractivity (Wildman–Crippen MR) is 139 cm³/mol. The molecule has 8 nitrogen and oxygen atoms in total. The van der Waals surface area contributed by atoms with Gasteiger partial charge in [0.25, 0.3) is 0 Å². The maximum atomic E-state index is 13.6. The number of methoxy groups -OCH3 is 1. The number of rotatable bonds is 13. The van der Waals surface area contributed by atoms with Crippen LogP contribution in [0.5, 0.6) is 5.75 Å². The van der Waals surface area contributed by atoms with Gasteiger partial charge in [0.05, 0.1) is 19.1 Å². The van der Waals surface area contributed by atoms with Gasteiger partial charge in [0, 0.05) is 13.1 Å². The van der Waals surface area contributed by atoms with Crippen LogP contribution in [0.1, 0.15) is 37.8 Å². The molecule has 0 heterocycles. The third-order valence-corrected chi connectivity index (χ3v) is 6.89. The summed E-state index contributed by atoms with van der Waals surface area (Å²) in [6.45, 7) is 5.89. The summed E-state index contributed by atoms with van der Waals surface area (Å²) >= 11 is 0. The highest BCUT2D eigenvalue weighted by atomic mass is 32.2. The number of carbonyl (C=O) groups excluding carboxylic acids is 2. The smallest absolute Gasteiger partial charge is 0.244 e. The minimum absolute atomic E-state index is 0.265. The predicted octanol–water partition coefficient (Wildman–Crippen LogP) is 3.15. The van der Waals surface area contributed by atoms with E-state index in [1.54, 1.807) is 25.1 Å². The molecule has 0 bridgehead atoms. The lowest BCUT2D eigenvalue weighted by atomic mass is 10.1. The lowest BCUT2D eigenvalue weighted by Gasteiger charge is -2.32. The molecule has 2 aromatic rings. The molecule has 0 saturated carbocycles. The third kappa shape index (κ3) is 8.28. The fraction of sp³-hybridized carbons (Fsp3) is 0.462. The van der Waals surface area contributed by atoms with Gasteiger partial charge in [-0.1, -0.05) is 49.7 Å². The molecule has 192 valence electrons. The Hall–Kier alpha value is -3.07. The van der Waals surface area contributed by atoms with E-state index in [1.807, 2.05) is 44.2 Å². The maximum Gasteiger partial charge on any atom is 0.244 e. The topological polar surface area (TPSA) is 96.0 Å². The second kappa shape index (κ2) is 13.1. The highest BCUT2D eigenvalue weighted by Crippen LogP contribution is 2.31. The average molecular weight is 504 g/mol. The number of sulfonamides is 1. The fourth-order valence-electron chi connectivity index (χ4n) is 3.70. The number of amides is 2. The lowest BCUT2D eigenvalue weighted by Crippen LogP contribution is -2.52. The molecule has 0 spiro atoms. The Morgan fingerprint density at radius 3 is 2.40 bits per heavy atom. The number of unbranched alkanes of at least 4 members (excludes halogenated alkanes) is 1. The summed E-state index contributed by atoms with van der Waals surface area (Å²) in [5.74, 6) is -0.387.